The van der Waals surface area contributed by atoms with Crippen LogP contribution in [0.3, 0.4) is 0 Å². The number of carbonyl (C=O) groups excluding carboxylic acids is 2. The molecule has 66 heavy (non-hydrogen) atoms. The molecule has 2 amide bonds. The summed E-state index contributed by atoms with van der Waals surface area (Å²) in [6.45, 7) is 5.67. The maximum Gasteiger partial charge on any atom is 0.251 e. The Morgan fingerprint density at radius 1 is 0.470 bits per heavy atom. The number of rotatable bonds is 36. The standard InChI is InChI=1S/C54H84N2O10/c1-5-7-9-11-13-15-17-19-21-23-33-65-49-35-48(44-27-31-46(32-28-44)52(64)56-54(39-59,40-60)42(4)62)50(66-34-24-22-20-18-16-14-12-10-8-6-2)36-47(49)43-25-29-45(30-26-43)51(63)55-53(37-57,38-58)41(3)61/h25-32,35-36,41-42,57-62H,5-24,33-34,37-40H2,1-4H3,(H,55,63)(H,56,64). The van der Waals surface area contributed by atoms with Crippen LogP contribution in [0.4, 0.5) is 0 Å². The van der Waals surface area contributed by atoms with Crippen molar-refractivity contribution in [3.8, 4) is 33.8 Å². The fourth-order valence-electron chi connectivity index (χ4n) is 7.99. The van der Waals surface area contributed by atoms with E-state index < -0.39 is 61.5 Å². The molecule has 0 bridgehead atoms. The molecule has 0 aliphatic carbocycles. The Morgan fingerprint density at radius 3 is 1.00 bits per heavy atom. The highest BCUT2D eigenvalue weighted by atomic mass is 16.5. The molecule has 2 unspecified atom stereocenters. The van der Waals surface area contributed by atoms with Crippen molar-refractivity contribution >= 4 is 11.8 Å². The lowest BCUT2D eigenvalue weighted by Gasteiger charge is -2.33. The van der Waals surface area contributed by atoms with Crippen molar-refractivity contribution in [1.82, 2.24) is 10.6 Å². The molecule has 0 heterocycles. The third-order valence-electron chi connectivity index (χ3n) is 13.0. The summed E-state index contributed by atoms with van der Waals surface area (Å²) in [6.07, 6.45) is 21.5. The van der Waals surface area contributed by atoms with E-state index in [9.17, 15) is 40.2 Å². The summed E-state index contributed by atoms with van der Waals surface area (Å²) in [4.78, 5) is 26.6. The largest absolute Gasteiger partial charge is 0.493 e. The molecule has 0 spiro atoms. The lowest BCUT2D eigenvalue weighted by atomic mass is 9.94. The SMILES string of the molecule is CCCCCCCCCCCCOc1cc(-c2ccc(C(=O)NC(CO)(CO)C(C)O)cc2)c(OCCCCCCCCCCCC)cc1-c1ccc(C(=O)NC(CO)(CO)C(C)O)cc1. The minimum absolute atomic E-state index is 0.278. The zero-order valence-corrected chi connectivity index (χ0v) is 40.6. The maximum atomic E-state index is 13.3. The topological polar surface area (TPSA) is 198 Å². The van der Waals surface area contributed by atoms with Crippen LogP contribution in [0.1, 0.15) is 177 Å². The maximum absolute atomic E-state index is 13.3. The van der Waals surface area contributed by atoms with Gasteiger partial charge in [0.15, 0.2) is 0 Å². The van der Waals surface area contributed by atoms with E-state index in [1.165, 1.54) is 104 Å². The minimum Gasteiger partial charge on any atom is -0.493 e. The Bertz CT molecular complexity index is 1660. The third kappa shape index (κ3) is 17.9. The predicted octanol–water partition coefficient (Wildman–Crippen LogP) is 9.29. The summed E-state index contributed by atoms with van der Waals surface area (Å²) in [5, 5.41) is 65.5. The molecule has 0 radical (unpaired) electrons. The smallest absolute Gasteiger partial charge is 0.251 e. The Hall–Kier alpha value is -4.04. The second kappa shape index (κ2) is 31.1. The number of nitrogens with one attached hydrogen (secondary N) is 2. The van der Waals surface area contributed by atoms with Crippen molar-refractivity contribution in [3.05, 3.63) is 71.8 Å². The van der Waals surface area contributed by atoms with Crippen molar-refractivity contribution in [3.63, 3.8) is 0 Å². The van der Waals surface area contributed by atoms with Gasteiger partial charge in [-0.3, -0.25) is 9.59 Å². The second-order valence-electron chi connectivity index (χ2n) is 18.3. The van der Waals surface area contributed by atoms with Crippen LogP contribution >= 0.6 is 0 Å². The molecule has 370 valence electrons. The first-order valence-corrected chi connectivity index (χ1v) is 25.0. The molecule has 0 fully saturated rings. The average Bonchev–Trinajstić information content (AvgIpc) is 3.33. The molecule has 12 heteroatoms. The quantitative estimate of drug-likeness (QED) is 0.0260. The van der Waals surface area contributed by atoms with Gasteiger partial charge in [-0.15, -0.1) is 0 Å². The number of ether oxygens (including phenoxy) is 2. The molecule has 3 aromatic carbocycles. The molecular formula is C54H84N2O10. The van der Waals surface area contributed by atoms with Crippen LogP contribution in [-0.4, -0.2) is 105 Å². The highest BCUT2D eigenvalue weighted by Crippen LogP contribution is 2.42. The van der Waals surface area contributed by atoms with Gasteiger partial charge in [0.05, 0.1) is 51.8 Å². The summed E-state index contributed by atoms with van der Waals surface area (Å²) in [5.74, 6) is 0.126. The van der Waals surface area contributed by atoms with Crippen LogP contribution in [0, 0.1) is 0 Å². The Labute approximate surface area is 395 Å². The van der Waals surface area contributed by atoms with E-state index in [1.807, 2.05) is 36.4 Å². The minimum atomic E-state index is -1.61. The average molecular weight is 921 g/mol. The Kier molecular flexibility index (Phi) is 26.5. The Balaban J connectivity index is 1.96. The zero-order chi connectivity index (χ0) is 48.2. The number of hydrogen-bond donors (Lipinski definition) is 8. The molecule has 0 saturated carbocycles. The van der Waals surface area contributed by atoms with Gasteiger partial charge >= 0.3 is 0 Å². The first-order valence-electron chi connectivity index (χ1n) is 25.0. The van der Waals surface area contributed by atoms with E-state index in [-0.39, 0.29) is 11.1 Å². The number of hydrogen-bond acceptors (Lipinski definition) is 10. The van der Waals surface area contributed by atoms with Gasteiger partial charge in [-0.1, -0.05) is 154 Å². The van der Waals surface area contributed by atoms with Gasteiger partial charge in [-0.2, -0.15) is 0 Å². The summed E-state index contributed by atoms with van der Waals surface area (Å²) < 4.78 is 13.2. The van der Waals surface area contributed by atoms with Crippen molar-refractivity contribution < 1.29 is 49.7 Å². The van der Waals surface area contributed by atoms with Gasteiger partial charge in [0.2, 0.25) is 0 Å². The molecule has 2 atom stereocenters. The Morgan fingerprint density at radius 2 is 0.742 bits per heavy atom. The summed E-state index contributed by atoms with van der Waals surface area (Å²) in [5.41, 5.74) is 0.411. The van der Waals surface area contributed by atoms with Crippen LogP contribution in [-0.2, 0) is 0 Å². The molecule has 12 nitrogen and oxygen atoms in total. The number of amides is 2. The summed E-state index contributed by atoms with van der Waals surface area (Å²) in [7, 11) is 0. The van der Waals surface area contributed by atoms with Crippen molar-refractivity contribution in [2.24, 2.45) is 0 Å². The first kappa shape index (κ1) is 56.3. The van der Waals surface area contributed by atoms with Crippen LogP contribution in [0.2, 0.25) is 0 Å². The molecule has 3 aromatic rings. The fourth-order valence-corrected chi connectivity index (χ4v) is 7.99. The van der Waals surface area contributed by atoms with Gasteiger partial charge in [0.1, 0.15) is 22.6 Å². The summed E-state index contributed by atoms with van der Waals surface area (Å²) in [6, 6.07) is 17.8. The van der Waals surface area contributed by atoms with Gasteiger partial charge in [-0.05, 0) is 74.2 Å². The second-order valence-corrected chi connectivity index (χ2v) is 18.3. The first-order chi connectivity index (χ1) is 31.9. The van der Waals surface area contributed by atoms with E-state index in [2.05, 4.69) is 24.5 Å². The van der Waals surface area contributed by atoms with Gasteiger partial charge < -0.3 is 50.7 Å². The summed E-state index contributed by atoms with van der Waals surface area (Å²) >= 11 is 0. The molecule has 3 rings (SSSR count). The van der Waals surface area contributed by atoms with Gasteiger partial charge in [0, 0.05) is 22.3 Å². The normalized spacial score (nSPS) is 12.8. The monoisotopic (exact) mass is 921 g/mol. The lowest BCUT2D eigenvalue weighted by molar-refractivity contribution is -0.00438. The van der Waals surface area contributed by atoms with E-state index in [0.29, 0.717) is 24.7 Å². The van der Waals surface area contributed by atoms with E-state index >= 15 is 0 Å². The van der Waals surface area contributed by atoms with Crippen LogP contribution in [0.15, 0.2) is 60.7 Å². The number of benzene rings is 3. The van der Waals surface area contributed by atoms with E-state index in [0.717, 1.165) is 60.8 Å². The van der Waals surface area contributed by atoms with Crippen molar-refractivity contribution in [2.45, 2.75) is 179 Å². The van der Waals surface area contributed by atoms with E-state index in [4.69, 9.17) is 9.47 Å². The van der Waals surface area contributed by atoms with Crippen molar-refractivity contribution in [2.75, 3.05) is 39.6 Å². The molecule has 0 aliphatic heterocycles. The van der Waals surface area contributed by atoms with E-state index in [1.54, 1.807) is 24.3 Å². The highest BCUT2D eigenvalue weighted by Gasteiger charge is 2.37. The van der Waals surface area contributed by atoms with Gasteiger partial charge in [-0.25, -0.2) is 0 Å². The molecule has 0 aromatic heterocycles. The fraction of sp³-hybridized carbons (Fsp3) is 0.630. The lowest BCUT2D eigenvalue weighted by Crippen LogP contribution is -2.61. The third-order valence-corrected chi connectivity index (χ3v) is 13.0. The van der Waals surface area contributed by atoms with Gasteiger partial charge in [0.25, 0.3) is 11.8 Å². The van der Waals surface area contributed by atoms with Crippen LogP contribution < -0.4 is 20.1 Å². The highest BCUT2D eigenvalue weighted by molar-refractivity contribution is 5.96. The molecule has 8 N–H and O–H groups in total. The zero-order valence-electron chi connectivity index (χ0n) is 40.6. The molecule has 0 saturated heterocycles. The number of aliphatic hydroxyl groups excluding tert-OH is 6. The number of carbonyl (C=O) groups is 2. The number of aliphatic hydroxyl groups is 6. The van der Waals surface area contributed by atoms with Crippen molar-refractivity contribution in [1.29, 1.82) is 0 Å². The predicted molar refractivity (Wildman–Crippen MR) is 264 cm³/mol. The van der Waals surface area contributed by atoms with Crippen LogP contribution in [0.5, 0.6) is 11.5 Å². The number of unbranched alkanes of at least 4 members (excludes halogenated alkanes) is 18. The molecular weight excluding hydrogens is 837 g/mol. The van der Waals surface area contributed by atoms with Crippen LogP contribution in [0.25, 0.3) is 22.3 Å². The molecule has 0 aliphatic rings.